The van der Waals surface area contributed by atoms with Crippen LogP contribution in [-0.4, -0.2) is 47.9 Å². The van der Waals surface area contributed by atoms with Gasteiger partial charge in [0.2, 0.25) is 5.91 Å². The number of nitrogens with zero attached hydrogens (tertiary/aromatic N) is 3. The van der Waals surface area contributed by atoms with Crippen LogP contribution in [0.1, 0.15) is 32.1 Å². The maximum atomic E-state index is 13.2. The van der Waals surface area contributed by atoms with E-state index in [0.29, 0.717) is 22.3 Å². The quantitative estimate of drug-likeness (QED) is 0.772. The Balaban J connectivity index is 1.48. The van der Waals surface area contributed by atoms with Gasteiger partial charge in [0.1, 0.15) is 5.82 Å². The molecule has 3 heterocycles. The Hall–Kier alpha value is -1.14. The molecule has 2 fully saturated rings. The molecule has 25 heavy (non-hydrogen) atoms. The van der Waals surface area contributed by atoms with Gasteiger partial charge in [-0.1, -0.05) is 23.2 Å². The molecule has 2 saturated heterocycles. The van der Waals surface area contributed by atoms with Crippen molar-refractivity contribution in [2.75, 3.05) is 31.1 Å². The lowest BCUT2D eigenvalue weighted by Gasteiger charge is -2.35. The Labute approximate surface area is 156 Å². The smallest absolute Gasteiger partial charge is 0.251 e. The van der Waals surface area contributed by atoms with Gasteiger partial charge in [-0.15, -0.1) is 0 Å². The van der Waals surface area contributed by atoms with Gasteiger partial charge in [-0.25, -0.2) is 13.8 Å². The van der Waals surface area contributed by atoms with Crippen LogP contribution in [0.2, 0.25) is 10.0 Å². The van der Waals surface area contributed by atoms with Gasteiger partial charge in [0.25, 0.3) is 5.92 Å². The second kappa shape index (κ2) is 7.62. The first-order valence-electron chi connectivity index (χ1n) is 8.56. The van der Waals surface area contributed by atoms with E-state index in [0.717, 1.165) is 25.9 Å². The van der Waals surface area contributed by atoms with E-state index in [1.165, 1.54) is 0 Å². The van der Waals surface area contributed by atoms with Crippen molar-refractivity contribution in [3.63, 3.8) is 0 Å². The van der Waals surface area contributed by atoms with Gasteiger partial charge in [0.05, 0.1) is 10.0 Å². The standard InChI is InChI=1S/C17H21Cl2F2N3O/c18-13-10-14(19)16(22-11-13)24-5-1-12(2-6-24)9-15(25)23-7-3-17(20,21)4-8-23/h10-12H,1-9H2. The molecule has 1 aromatic heterocycles. The molecule has 0 bridgehead atoms. The number of anilines is 1. The fourth-order valence-corrected chi connectivity index (χ4v) is 3.95. The van der Waals surface area contributed by atoms with Crippen LogP contribution in [0.15, 0.2) is 12.3 Å². The maximum Gasteiger partial charge on any atom is 0.251 e. The molecule has 0 unspecified atom stereocenters. The predicted octanol–water partition coefficient (Wildman–Crippen LogP) is 4.25. The van der Waals surface area contributed by atoms with E-state index in [1.54, 1.807) is 17.2 Å². The van der Waals surface area contributed by atoms with E-state index in [2.05, 4.69) is 9.88 Å². The summed E-state index contributed by atoms with van der Waals surface area (Å²) < 4.78 is 26.4. The van der Waals surface area contributed by atoms with Gasteiger partial charge in [0.15, 0.2) is 0 Å². The number of likely N-dealkylation sites (tertiary alicyclic amines) is 1. The zero-order chi connectivity index (χ0) is 18.0. The molecule has 0 saturated carbocycles. The van der Waals surface area contributed by atoms with E-state index in [9.17, 15) is 13.6 Å². The van der Waals surface area contributed by atoms with Crippen LogP contribution in [0.25, 0.3) is 0 Å². The first-order chi connectivity index (χ1) is 11.8. The number of carbonyl (C=O) groups is 1. The van der Waals surface area contributed by atoms with Gasteiger partial charge in [0, 0.05) is 51.6 Å². The second-order valence-electron chi connectivity index (χ2n) is 6.83. The molecule has 8 heteroatoms. The summed E-state index contributed by atoms with van der Waals surface area (Å²) in [6.45, 7) is 1.86. The fourth-order valence-electron chi connectivity index (χ4n) is 3.45. The minimum atomic E-state index is -2.62. The van der Waals surface area contributed by atoms with Crippen molar-refractivity contribution in [3.05, 3.63) is 22.3 Å². The zero-order valence-corrected chi connectivity index (χ0v) is 15.4. The van der Waals surface area contributed by atoms with Gasteiger partial charge in [-0.2, -0.15) is 0 Å². The van der Waals surface area contributed by atoms with E-state index < -0.39 is 5.92 Å². The monoisotopic (exact) mass is 391 g/mol. The summed E-state index contributed by atoms with van der Waals surface area (Å²) in [4.78, 5) is 20.3. The SMILES string of the molecule is O=C(CC1CCN(c2ncc(Cl)cc2Cl)CC1)N1CCC(F)(F)CC1. The molecular formula is C17H21Cl2F2N3O. The molecule has 3 rings (SSSR count). The number of piperidine rings is 2. The van der Waals surface area contributed by atoms with Gasteiger partial charge in [-0.3, -0.25) is 4.79 Å². The maximum absolute atomic E-state index is 13.2. The molecule has 0 aromatic carbocycles. The molecule has 2 aliphatic rings. The number of pyridine rings is 1. The third kappa shape index (κ3) is 4.73. The highest BCUT2D eigenvalue weighted by molar-refractivity contribution is 6.36. The normalized spacial score (nSPS) is 21.4. The number of carbonyl (C=O) groups excluding carboxylic acids is 1. The molecule has 0 N–H and O–H groups in total. The van der Waals surface area contributed by atoms with Crippen molar-refractivity contribution < 1.29 is 13.6 Å². The van der Waals surface area contributed by atoms with E-state index >= 15 is 0 Å². The fraction of sp³-hybridized carbons (Fsp3) is 0.647. The summed E-state index contributed by atoms with van der Waals surface area (Å²) in [5.74, 6) is -1.63. The Morgan fingerprint density at radius 1 is 1.20 bits per heavy atom. The molecule has 2 aliphatic heterocycles. The molecule has 0 spiro atoms. The van der Waals surface area contributed by atoms with Crippen molar-refractivity contribution in [1.29, 1.82) is 0 Å². The van der Waals surface area contributed by atoms with Crippen LogP contribution in [-0.2, 0) is 4.79 Å². The second-order valence-corrected chi connectivity index (χ2v) is 7.67. The highest BCUT2D eigenvalue weighted by Gasteiger charge is 2.36. The molecule has 0 atom stereocenters. The largest absolute Gasteiger partial charge is 0.355 e. The van der Waals surface area contributed by atoms with Gasteiger partial charge >= 0.3 is 0 Å². The van der Waals surface area contributed by atoms with E-state index in [4.69, 9.17) is 23.2 Å². The summed E-state index contributed by atoms with van der Waals surface area (Å²) in [6.07, 6.45) is 3.27. The summed E-state index contributed by atoms with van der Waals surface area (Å²) in [5, 5.41) is 1.03. The number of hydrogen-bond acceptors (Lipinski definition) is 3. The van der Waals surface area contributed by atoms with E-state index in [-0.39, 0.29) is 37.8 Å². The lowest BCUT2D eigenvalue weighted by molar-refractivity contribution is -0.138. The van der Waals surface area contributed by atoms with Crippen LogP contribution in [0, 0.1) is 5.92 Å². The molecule has 1 aromatic rings. The minimum absolute atomic E-state index is 0.00315. The Kier molecular flexibility index (Phi) is 5.68. The first-order valence-corrected chi connectivity index (χ1v) is 9.31. The average Bonchev–Trinajstić information content (AvgIpc) is 2.56. The van der Waals surface area contributed by atoms with E-state index in [1.807, 2.05) is 0 Å². The number of aromatic nitrogens is 1. The van der Waals surface area contributed by atoms with Gasteiger partial charge < -0.3 is 9.80 Å². The van der Waals surface area contributed by atoms with Gasteiger partial charge in [-0.05, 0) is 24.8 Å². The molecule has 138 valence electrons. The summed E-state index contributed by atoms with van der Waals surface area (Å²) >= 11 is 12.1. The first kappa shape index (κ1) is 18.6. The summed E-state index contributed by atoms with van der Waals surface area (Å²) in [7, 11) is 0. The van der Waals surface area contributed by atoms with Crippen LogP contribution in [0.3, 0.4) is 0 Å². The lowest BCUT2D eigenvalue weighted by Crippen LogP contribution is -2.44. The number of rotatable bonds is 3. The average molecular weight is 392 g/mol. The Morgan fingerprint density at radius 3 is 2.44 bits per heavy atom. The number of alkyl halides is 2. The Morgan fingerprint density at radius 2 is 1.84 bits per heavy atom. The lowest BCUT2D eigenvalue weighted by atomic mass is 9.92. The highest BCUT2D eigenvalue weighted by atomic mass is 35.5. The molecule has 1 amide bonds. The van der Waals surface area contributed by atoms with Crippen molar-refractivity contribution in [1.82, 2.24) is 9.88 Å². The third-order valence-electron chi connectivity index (χ3n) is 5.01. The van der Waals surface area contributed by atoms with Crippen molar-refractivity contribution in [2.24, 2.45) is 5.92 Å². The predicted molar refractivity (Wildman–Crippen MR) is 94.6 cm³/mol. The minimum Gasteiger partial charge on any atom is -0.355 e. The molecule has 4 nitrogen and oxygen atoms in total. The molecule has 0 aliphatic carbocycles. The zero-order valence-electron chi connectivity index (χ0n) is 13.9. The highest BCUT2D eigenvalue weighted by Crippen LogP contribution is 2.32. The van der Waals surface area contributed by atoms with Crippen molar-refractivity contribution in [3.8, 4) is 0 Å². The summed E-state index contributed by atoms with van der Waals surface area (Å²) in [5.41, 5.74) is 0. The Bertz CT molecular complexity index is 626. The third-order valence-corrected chi connectivity index (χ3v) is 5.50. The van der Waals surface area contributed by atoms with Crippen LogP contribution < -0.4 is 4.90 Å². The van der Waals surface area contributed by atoms with Crippen molar-refractivity contribution >= 4 is 34.9 Å². The van der Waals surface area contributed by atoms with Crippen LogP contribution >= 0.6 is 23.2 Å². The topological polar surface area (TPSA) is 36.4 Å². The van der Waals surface area contributed by atoms with Crippen molar-refractivity contribution in [2.45, 2.75) is 38.0 Å². The number of halogens is 4. The summed E-state index contributed by atoms with van der Waals surface area (Å²) in [6, 6.07) is 1.67. The molecular weight excluding hydrogens is 371 g/mol. The number of hydrogen-bond donors (Lipinski definition) is 0. The number of amides is 1. The molecule has 0 radical (unpaired) electrons. The van der Waals surface area contributed by atoms with Crippen LogP contribution in [0.4, 0.5) is 14.6 Å². The van der Waals surface area contributed by atoms with Crippen LogP contribution in [0.5, 0.6) is 0 Å².